The van der Waals surface area contributed by atoms with E-state index in [0.717, 1.165) is 49.3 Å². The number of carbonyl (C=O) groups excluding carboxylic acids is 2. The lowest BCUT2D eigenvalue weighted by Crippen LogP contribution is -2.42. The number of sulfone groups is 1. The number of fused-ring (bicyclic) bond motifs is 2. The van der Waals surface area contributed by atoms with Crippen LogP contribution >= 0.6 is 34.8 Å². The number of halogens is 3. The number of aryl methyl sites for hydroxylation is 1. The predicted octanol–water partition coefficient (Wildman–Crippen LogP) is 9.85. The van der Waals surface area contributed by atoms with Crippen LogP contribution in [0.5, 0.6) is 0 Å². The van der Waals surface area contributed by atoms with Gasteiger partial charge in [-0.25, -0.2) is 8.42 Å². The SMILES string of the molecule is CC.Cc1cc(S(C)(=O)=O)ccc1C(=O)Nc1cc2cc[nH]c(=O)c2cc1Cl.O=C(Nc1cc2cc[nH]c(=O)c2cc1Cl)C1(c2ccc(Cl)cc2)CCCCC1. The van der Waals surface area contributed by atoms with Gasteiger partial charge in [0.15, 0.2) is 9.84 Å². The number of rotatable bonds is 6. The number of benzene rings is 4. The Morgan fingerprint density at radius 2 is 1.21 bits per heavy atom. The molecule has 2 aromatic heterocycles. The molecule has 0 unspecified atom stereocenters. The molecule has 1 fully saturated rings. The molecule has 0 atom stereocenters. The molecule has 0 aliphatic heterocycles. The molecule has 14 heteroatoms. The summed E-state index contributed by atoms with van der Waals surface area (Å²) >= 11 is 18.6. The molecule has 0 radical (unpaired) electrons. The third kappa shape index (κ3) is 9.35. The molecule has 6 aromatic rings. The van der Waals surface area contributed by atoms with Gasteiger partial charge in [0.05, 0.1) is 31.7 Å². The summed E-state index contributed by atoms with van der Waals surface area (Å²) in [5.41, 5.74) is 1.64. The molecule has 4 N–H and O–H groups in total. The molecular weight excluding hydrogens is 795 g/mol. The Morgan fingerprint density at radius 1 is 0.696 bits per heavy atom. The van der Waals surface area contributed by atoms with Crippen molar-refractivity contribution in [1.82, 2.24) is 9.97 Å². The fourth-order valence-electron chi connectivity index (χ4n) is 6.73. The van der Waals surface area contributed by atoms with Crippen LogP contribution in [0, 0.1) is 6.92 Å². The highest BCUT2D eigenvalue weighted by molar-refractivity contribution is 7.90. The first kappa shape index (κ1) is 42.2. The van der Waals surface area contributed by atoms with Crippen molar-refractivity contribution in [3.05, 3.63) is 144 Å². The van der Waals surface area contributed by atoms with E-state index >= 15 is 0 Å². The highest BCUT2D eigenvalue weighted by Crippen LogP contribution is 2.41. The van der Waals surface area contributed by atoms with Crippen molar-refractivity contribution in [2.45, 2.75) is 63.2 Å². The van der Waals surface area contributed by atoms with E-state index < -0.39 is 21.2 Å². The number of aromatic nitrogens is 2. The summed E-state index contributed by atoms with van der Waals surface area (Å²) in [6, 6.07) is 21.8. The first-order chi connectivity index (χ1) is 26.7. The normalized spacial score (nSPS) is 13.5. The van der Waals surface area contributed by atoms with E-state index in [1.165, 1.54) is 30.5 Å². The molecule has 1 saturated carbocycles. The molecule has 7 rings (SSSR count). The summed E-state index contributed by atoms with van der Waals surface area (Å²) < 4.78 is 23.2. The van der Waals surface area contributed by atoms with Crippen molar-refractivity contribution in [3.63, 3.8) is 0 Å². The lowest BCUT2D eigenvalue weighted by atomic mass is 9.68. The Labute approximate surface area is 339 Å². The topological polar surface area (TPSA) is 158 Å². The van der Waals surface area contributed by atoms with E-state index in [1.807, 2.05) is 38.1 Å². The number of carbonyl (C=O) groups is 2. The quantitative estimate of drug-likeness (QED) is 0.131. The van der Waals surface area contributed by atoms with Crippen LogP contribution in [0.1, 0.15) is 67.4 Å². The number of amides is 2. The number of pyridine rings is 2. The first-order valence-electron chi connectivity index (χ1n) is 18.0. The average molecular weight is 836 g/mol. The third-order valence-electron chi connectivity index (χ3n) is 9.63. The first-order valence-corrected chi connectivity index (χ1v) is 21.0. The van der Waals surface area contributed by atoms with Crippen LogP contribution in [0.15, 0.2) is 106 Å². The molecule has 0 bridgehead atoms. The van der Waals surface area contributed by atoms with Gasteiger partial charge in [0.25, 0.3) is 17.0 Å². The Kier molecular flexibility index (Phi) is 13.5. The maximum atomic E-state index is 13.5. The standard InChI is InChI=1S/C22H20Cl2N2O2.C18H15ClN2O4S.C2H6/c23-16-6-4-15(5-7-16)22(9-2-1-3-10-22)21(28)26-19-12-14-8-11-25-20(27)17(14)13-18(19)24;1-10-7-12(26(2,24)25)3-4-13(10)18(23)21-16-8-11-5-6-20-17(22)14(11)9-15(16)19;1-2/h4-8,11-13H,1-3,9-10H2,(H,25,27)(H,26,28);3-9H,1-2H3,(H,20,22)(H,21,23);1-2H3. The Balaban J connectivity index is 0.000000206. The van der Waals surface area contributed by atoms with Crippen LogP contribution in [0.25, 0.3) is 21.5 Å². The van der Waals surface area contributed by atoms with Gasteiger partial charge < -0.3 is 20.6 Å². The van der Waals surface area contributed by atoms with E-state index in [9.17, 15) is 27.6 Å². The van der Waals surface area contributed by atoms with Crippen molar-refractivity contribution >= 4 is 89.4 Å². The smallest absolute Gasteiger partial charge is 0.255 e. The van der Waals surface area contributed by atoms with Gasteiger partial charge in [0.1, 0.15) is 0 Å². The van der Waals surface area contributed by atoms with Gasteiger partial charge in [-0.1, -0.05) is 80.0 Å². The number of nitrogens with one attached hydrogen (secondary N) is 4. The molecule has 56 heavy (non-hydrogen) atoms. The number of hydrogen-bond acceptors (Lipinski definition) is 6. The van der Waals surface area contributed by atoms with Crippen LogP contribution in [-0.4, -0.2) is 36.5 Å². The highest BCUT2D eigenvalue weighted by atomic mass is 35.5. The minimum atomic E-state index is -3.35. The predicted molar refractivity (Wildman–Crippen MR) is 228 cm³/mol. The summed E-state index contributed by atoms with van der Waals surface area (Å²) in [4.78, 5) is 55.1. The fraction of sp³-hybridized carbons (Fsp3) is 0.238. The number of aromatic amines is 2. The van der Waals surface area contributed by atoms with E-state index in [4.69, 9.17) is 34.8 Å². The van der Waals surface area contributed by atoms with Crippen molar-refractivity contribution in [3.8, 4) is 0 Å². The van der Waals surface area contributed by atoms with Gasteiger partial charge >= 0.3 is 0 Å². The average Bonchev–Trinajstić information content (AvgIpc) is 3.17. The third-order valence-corrected chi connectivity index (χ3v) is 11.6. The zero-order chi connectivity index (χ0) is 40.8. The van der Waals surface area contributed by atoms with Gasteiger partial charge in [-0.2, -0.15) is 0 Å². The van der Waals surface area contributed by atoms with Crippen LogP contribution in [0.4, 0.5) is 11.4 Å². The molecule has 1 aliphatic rings. The summed E-state index contributed by atoms with van der Waals surface area (Å²) in [6.45, 7) is 5.66. The van der Waals surface area contributed by atoms with E-state index in [-0.39, 0.29) is 26.9 Å². The molecule has 0 spiro atoms. The van der Waals surface area contributed by atoms with Gasteiger partial charge in [0.2, 0.25) is 5.91 Å². The number of hydrogen-bond donors (Lipinski definition) is 4. The summed E-state index contributed by atoms with van der Waals surface area (Å²) in [6.07, 6.45) is 8.89. The maximum absolute atomic E-state index is 13.5. The van der Waals surface area contributed by atoms with Crippen LogP contribution in [-0.2, 0) is 20.0 Å². The second kappa shape index (κ2) is 17.9. The molecule has 2 heterocycles. The fourth-order valence-corrected chi connectivity index (χ4v) is 7.99. The van der Waals surface area contributed by atoms with E-state index in [0.29, 0.717) is 48.7 Å². The molecule has 0 saturated heterocycles. The maximum Gasteiger partial charge on any atom is 0.255 e. The number of anilines is 2. The van der Waals surface area contributed by atoms with E-state index in [1.54, 1.807) is 43.5 Å². The molecule has 4 aromatic carbocycles. The van der Waals surface area contributed by atoms with Crippen molar-refractivity contribution in [2.24, 2.45) is 0 Å². The Hall–Kier alpha value is -4.94. The zero-order valence-electron chi connectivity index (χ0n) is 31.2. The summed E-state index contributed by atoms with van der Waals surface area (Å²) in [7, 11) is -3.35. The number of H-pyrrole nitrogens is 2. The highest BCUT2D eigenvalue weighted by Gasteiger charge is 2.41. The zero-order valence-corrected chi connectivity index (χ0v) is 34.3. The minimum absolute atomic E-state index is 0.0689. The largest absolute Gasteiger partial charge is 0.329 e. The molecule has 1 aliphatic carbocycles. The molecule has 10 nitrogen and oxygen atoms in total. The Morgan fingerprint density at radius 3 is 1.71 bits per heavy atom. The van der Waals surface area contributed by atoms with Gasteiger partial charge in [-0.15, -0.1) is 0 Å². The van der Waals surface area contributed by atoms with Crippen molar-refractivity contribution in [1.29, 1.82) is 0 Å². The van der Waals surface area contributed by atoms with Crippen molar-refractivity contribution < 1.29 is 18.0 Å². The van der Waals surface area contributed by atoms with Gasteiger partial charge in [-0.3, -0.25) is 19.2 Å². The van der Waals surface area contributed by atoms with Crippen LogP contribution < -0.4 is 21.8 Å². The van der Waals surface area contributed by atoms with Crippen LogP contribution in [0.2, 0.25) is 15.1 Å². The lowest BCUT2D eigenvalue weighted by molar-refractivity contribution is -0.122. The molecular formula is C42H41Cl3N4O6S. The molecule has 2 amide bonds. The summed E-state index contributed by atoms with van der Waals surface area (Å²) in [5.74, 6) is -0.491. The lowest BCUT2D eigenvalue weighted by Gasteiger charge is -2.36. The second-order valence-corrected chi connectivity index (χ2v) is 16.5. The van der Waals surface area contributed by atoms with Crippen LogP contribution in [0.3, 0.4) is 0 Å². The van der Waals surface area contributed by atoms with E-state index in [2.05, 4.69) is 20.6 Å². The summed E-state index contributed by atoms with van der Waals surface area (Å²) in [5, 5.41) is 9.24. The second-order valence-electron chi connectivity index (χ2n) is 13.3. The van der Waals surface area contributed by atoms with Gasteiger partial charge in [-0.05, 0) is 108 Å². The minimum Gasteiger partial charge on any atom is -0.329 e. The monoisotopic (exact) mass is 834 g/mol. The van der Waals surface area contributed by atoms with Gasteiger partial charge in [0, 0.05) is 40.0 Å². The molecule has 292 valence electrons. The van der Waals surface area contributed by atoms with Crippen molar-refractivity contribution in [2.75, 3.05) is 16.9 Å². The Bertz CT molecular complexity index is 2650.